The minimum atomic E-state index is -0.215. The van der Waals surface area contributed by atoms with Crippen molar-refractivity contribution in [3.05, 3.63) is 57.0 Å². The number of thiophene rings is 1. The maximum atomic E-state index is 13.2. The molecule has 2 aromatic rings. The lowest BCUT2D eigenvalue weighted by atomic mass is 10.1. The number of nitrogens with two attached hydrogens (primary N) is 1. The van der Waals surface area contributed by atoms with Gasteiger partial charge in [-0.1, -0.05) is 23.7 Å². The summed E-state index contributed by atoms with van der Waals surface area (Å²) < 4.78 is 14.0. The predicted molar refractivity (Wildman–Crippen MR) is 83.6 cm³/mol. The van der Waals surface area contributed by atoms with Gasteiger partial charge in [0.1, 0.15) is 5.82 Å². The summed E-state index contributed by atoms with van der Waals surface area (Å²) >= 11 is 7.54. The Labute approximate surface area is 128 Å². The van der Waals surface area contributed by atoms with Crippen LogP contribution in [-0.4, -0.2) is 18.0 Å². The summed E-state index contributed by atoms with van der Waals surface area (Å²) in [5.74, 6) is -0.215. The third-order valence-corrected chi connectivity index (χ3v) is 4.48. The van der Waals surface area contributed by atoms with Crippen molar-refractivity contribution in [3.63, 3.8) is 0 Å². The zero-order valence-electron chi connectivity index (χ0n) is 11.5. The first-order valence-corrected chi connectivity index (χ1v) is 7.62. The van der Waals surface area contributed by atoms with E-state index in [1.54, 1.807) is 12.1 Å². The van der Waals surface area contributed by atoms with Crippen LogP contribution in [0.5, 0.6) is 0 Å². The van der Waals surface area contributed by atoms with Gasteiger partial charge >= 0.3 is 0 Å². The molecule has 0 fully saturated rings. The molecule has 2 atom stereocenters. The monoisotopic (exact) mass is 312 g/mol. The van der Waals surface area contributed by atoms with Gasteiger partial charge in [-0.05, 0) is 43.8 Å². The van der Waals surface area contributed by atoms with E-state index in [2.05, 4.69) is 4.90 Å². The standard InChI is InChI=1S/C15H18ClFN2S/c1-10(18)15(13-6-7-14(16)20-13)19(2)9-11-4-3-5-12(17)8-11/h3-8,10,15H,9,18H2,1-2H3. The average molecular weight is 313 g/mol. The lowest BCUT2D eigenvalue weighted by molar-refractivity contribution is 0.214. The molecule has 2 nitrogen and oxygen atoms in total. The van der Waals surface area contributed by atoms with Crippen LogP contribution in [0.15, 0.2) is 36.4 Å². The molecule has 0 aliphatic rings. The van der Waals surface area contributed by atoms with Crippen molar-refractivity contribution in [2.75, 3.05) is 7.05 Å². The minimum absolute atomic E-state index is 0.0386. The maximum Gasteiger partial charge on any atom is 0.123 e. The van der Waals surface area contributed by atoms with E-state index in [9.17, 15) is 4.39 Å². The number of likely N-dealkylation sites (N-methyl/N-ethyl adjacent to an activating group) is 1. The Bertz CT molecular complexity index is 571. The third-order valence-electron chi connectivity index (χ3n) is 3.18. The van der Waals surface area contributed by atoms with Gasteiger partial charge < -0.3 is 5.73 Å². The van der Waals surface area contributed by atoms with Crippen molar-refractivity contribution in [2.45, 2.75) is 25.6 Å². The largest absolute Gasteiger partial charge is 0.326 e. The number of nitrogens with zero attached hydrogens (tertiary/aromatic N) is 1. The van der Waals surface area contributed by atoms with Crippen LogP contribution < -0.4 is 5.73 Å². The van der Waals surface area contributed by atoms with Crippen LogP contribution >= 0.6 is 22.9 Å². The summed E-state index contributed by atoms with van der Waals surface area (Å²) in [6.45, 7) is 2.61. The maximum absolute atomic E-state index is 13.2. The Hall–Kier alpha value is -0.940. The molecular formula is C15H18ClFN2S. The van der Waals surface area contributed by atoms with Crippen LogP contribution in [0.3, 0.4) is 0 Å². The Morgan fingerprint density at radius 1 is 1.35 bits per heavy atom. The van der Waals surface area contributed by atoms with E-state index in [1.165, 1.54) is 17.4 Å². The number of hydrogen-bond acceptors (Lipinski definition) is 3. The first-order chi connectivity index (χ1) is 9.47. The van der Waals surface area contributed by atoms with Crippen LogP contribution in [0, 0.1) is 5.82 Å². The second-order valence-electron chi connectivity index (χ2n) is 4.99. The molecule has 2 N–H and O–H groups in total. The topological polar surface area (TPSA) is 29.3 Å². The Morgan fingerprint density at radius 3 is 2.65 bits per heavy atom. The molecule has 5 heteroatoms. The normalized spacial score (nSPS) is 14.5. The molecule has 1 aromatic carbocycles. The van der Waals surface area contributed by atoms with Gasteiger partial charge in [0.05, 0.1) is 10.4 Å². The Morgan fingerprint density at radius 2 is 2.10 bits per heavy atom. The van der Waals surface area contributed by atoms with E-state index in [0.29, 0.717) is 6.54 Å². The van der Waals surface area contributed by atoms with Crippen molar-refractivity contribution in [1.82, 2.24) is 4.90 Å². The molecule has 0 amide bonds. The zero-order chi connectivity index (χ0) is 14.7. The van der Waals surface area contributed by atoms with Gasteiger partial charge in [-0.15, -0.1) is 11.3 Å². The molecule has 0 saturated carbocycles. The summed E-state index contributed by atoms with van der Waals surface area (Å²) in [5, 5.41) is 0. The number of halogens is 2. The smallest absolute Gasteiger partial charge is 0.123 e. The fourth-order valence-electron chi connectivity index (χ4n) is 2.39. The second kappa shape index (κ2) is 6.68. The second-order valence-corrected chi connectivity index (χ2v) is 6.74. The van der Waals surface area contributed by atoms with E-state index in [1.807, 2.05) is 32.2 Å². The predicted octanol–water partition coefficient (Wildman–Crippen LogP) is 4.06. The quantitative estimate of drug-likeness (QED) is 0.902. The summed E-state index contributed by atoms with van der Waals surface area (Å²) in [7, 11) is 1.99. The molecule has 0 bridgehead atoms. The highest BCUT2D eigenvalue weighted by molar-refractivity contribution is 7.16. The van der Waals surface area contributed by atoms with Gasteiger partial charge in [0.25, 0.3) is 0 Å². The third kappa shape index (κ3) is 3.79. The first kappa shape index (κ1) is 15.4. The van der Waals surface area contributed by atoms with Crippen LogP contribution in [0.1, 0.15) is 23.4 Å². The van der Waals surface area contributed by atoms with Crippen molar-refractivity contribution < 1.29 is 4.39 Å². The van der Waals surface area contributed by atoms with E-state index in [4.69, 9.17) is 17.3 Å². The number of rotatable bonds is 5. The summed E-state index contributed by atoms with van der Waals surface area (Å²) in [6.07, 6.45) is 0. The minimum Gasteiger partial charge on any atom is -0.326 e. The van der Waals surface area contributed by atoms with Gasteiger partial charge in [0, 0.05) is 17.5 Å². The molecule has 0 aliphatic carbocycles. The zero-order valence-corrected chi connectivity index (χ0v) is 13.1. The van der Waals surface area contributed by atoms with Crippen LogP contribution in [0.2, 0.25) is 4.34 Å². The Balaban J connectivity index is 2.17. The summed E-state index contributed by atoms with van der Waals surface area (Å²) in [6, 6.07) is 10.6. The molecule has 108 valence electrons. The highest BCUT2D eigenvalue weighted by Gasteiger charge is 2.23. The lowest BCUT2D eigenvalue weighted by Crippen LogP contribution is -2.36. The first-order valence-electron chi connectivity index (χ1n) is 6.43. The average Bonchev–Trinajstić information content (AvgIpc) is 2.75. The van der Waals surface area contributed by atoms with Crippen LogP contribution in [0.4, 0.5) is 4.39 Å². The van der Waals surface area contributed by atoms with Gasteiger partial charge in [0.2, 0.25) is 0 Å². The molecule has 0 spiro atoms. The van der Waals surface area contributed by atoms with Gasteiger partial charge in [-0.25, -0.2) is 4.39 Å². The molecule has 0 saturated heterocycles. The van der Waals surface area contributed by atoms with Gasteiger partial charge in [-0.2, -0.15) is 0 Å². The van der Waals surface area contributed by atoms with E-state index in [0.717, 1.165) is 14.8 Å². The van der Waals surface area contributed by atoms with Crippen LogP contribution in [-0.2, 0) is 6.54 Å². The van der Waals surface area contributed by atoms with Crippen molar-refractivity contribution >= 4 is 22.9 Å². The summed E-state index contributed by atoms with van der Waals surface area (Å²) in [4.78, 5) is 3.26. The molecule has 0 aliphatic heterocycles. The molecular weight excluding hydrogens is 295 g/mol. The van der Waals surface area contributed by atoms with E-state index >= 15 is 0 Å². The lowest BCUT2D eigenvalue weighted by Gasteiger charge is -2.30. The number of hydrogen-bond donors (Lipinski definition) is 1. The van der Waals surface area contributed by atoms with E-state index < -0.39 is 0 Å². The highest BCUT2D eigenvalue weighted by Crippen LogP contribution is 2.32. The van der Waals surface area contributed by atoms with Crippen LogP contribution in [0.25, 0.3) is 0 Å². The molecule has 2 rings (SSSR count). The van der Waals surface area contributed by atoms with Gasteiger partial charge in [-0.3, -0.25) is 4.90 Å². The molecule has 0 radical (unpaired) electrons. The molecule has 2 unspecified atom stereocenters. The van der Waals surface area contributed by atoms with E-state index in [-0.39, 0.29) is 17.9 Å². The van der Waals surface area contributed by atoms with Crippen molar-refractivity contribution in [3.8, 4) is 0 Å². The summed E-state index contributed by atoms with van der Waals surface area (Å²) in [5.41, 5.74) is 7.04. The van der Waals surface area contributed by atoms with Gasteiger partial charge in [0.15, 0.2) is 0 Å². The highest BCUT2D eigenvalue weighted by atomic mass is 35.5. The molecule has 1 aromatic heterocycles. The molecule has 20 heavy (non-hydrogen) atoms. The Kier molecular flexibility index (Phi) is 5.16. The fourth-order valence-corrected chi connectivity index (χ4v) is 3.73. The molecule has 1 heterocycles. The van der Waals surface area contributed by atoms with Crippen molar-refractivity contribution in [1.29, 1.82) is 0 Å². The number of benzene rings is 1. The fraction of sp³-hybridized carbons (Fsp3) is 0.333. The van der Waals surface area contributed by atoms with Crippen molar-refractivity contribution in [2.24, 2.45) is 5.73 Å². The SMILES string of the molecule is CC(N)C(c1ccc(Cl)s1)N(C)Cc1cccc(F)c1.